The molecule has 0 unspecified atom stereocenters. The number of carbonyl (C=O) groups excluding carboxylic acids is 2. The number of nitrogens with one attached hydrogen (secondary N) is 2. The van der Waals surface area contributed by atoms with Crippen molar-refractivity contribution >= 4 is 59.8 Å². The van der Waals surface area contributed by atoms with Crippen LogP contribution in [0.5, 0.6) is 0 Å². The summed E-state index contributed by atoms with van der Waals surface area (Å²) in [5, 5.41) is 13.1. The average molecular weight is 780 g/mol. The molecule has 0 spiro atoms. The Kier molecular flexibility index (Phi) is 10.3. The molecule has 57 heavy (non-hydrogen) atoms. The number of amides is 2. The molecule has 0 saturated carbocycles. The summed E-state index contributed by atoms with van der Waals surface area (Å²) in [6.07, 6.45) is 6.40. The molecule has 2 fully saturated rings. The molecule has 9 nitrogen and oxygen atoms in total. The minimum absolute atomic E-state index is 0.0291. The number of piperidine rings is 1. The highest BCUT2D eigenvalue weighted by Gasteiger charge is 2.40. The van der Waals surface area contributed by atoms with Gasteiger partial charge in [0, 0.05) is 37.5 Å². The topological polar surface area (TPSA) is 125 Å². The van der Waals surface area contributed by atoms with Crippen LogP contribution in [0.25, 0.3) is 32.3 Å². The van der Waals surface area contributed by atoms with Gasteiger partial charge >= 0.3 is 0 Å². The molecule has 10 heteroatoms. The molecule has 6 aromatic carbocycles. The number of aryl methyl sites for hydroxylation is 1. The molecule has 2 atom stereocenters. The van der Waals surface area contributed by atoms with Gasteiger partial charge in [-0.15, -0.1) is 0 Å². The fourth-order valence-corrected chi connectivity index (χ4v) is 11.2. The number of likely N-dealkylation sites (tertiary alicyclic amines) is 1. The number of sulfonamides is 1. The highest BCUT2D eigenvalue weighted by atomic mass is 32.2. The van der Waals surface area contributed by atoms with Crippen LogP contribution in [0.2, 0.25) is 0 Å². The number of anilines is 1. The fraction of sp³-hybridized carbons (Fsp3) is 0.319. The second kappa shape index (κ2) is 15.7. The van der Waals surface area contributed by atoms with Crippen LogP contribution in [0.4, 0.5) is 5.69 Å². The van der Waals surface area contributed by atoms with E-state index in [9.17, 15) is 18.0 Å². The lowest BCUT2D eigenvalue weighted by Crippen LogP contribution is -2.57. The second-order valence-electron chi connectivity index (χ2n) is 15.9. The van der Waals surface area contributed by atoms with Crippen molar-refractivity contribution in [1.29, 1.82) is 0 Å². The van der Waals surface area contributed by atoms with Crippen LogP contribution in [-0.2, 0) is 39.1 Å². The van der Waals surface area contributed by atoms with Crippen molar-refractivity contribution in [1.82, 2.24) is 14.5 Å². The van der Waals surface area contributed by atoms with Crippen molar-refractivity contribution in [3.63, 3.8) is 0 Å². The number of rotatable bonds is 9. The lowest BCUT2D eigenvalue weighted by atomic mass is 9.75. The van der Waals surface area contributed by atoms with E-state index in [2.05, 4.69) is 70.1 Å². The number of nitrogens with two attached hydrogens (primary N) is 1. The van der Waals surface area contributed by atoms with Gasteiger partial charge in [0.2, 0.25) is 21.8 Å². The molecule has 4 N–H and O–H groups in total. The molecule has 2 aliphatic heterocycles. The zero-order valence-electron chi connectivity index (χ0n) is 32.2. The van der Waals surface area contributed by atoms with E-state index in [0.29, 0.717) is 5.69 Å². The van der Waals surface area contributed by atoms with Crippen LogP contribution in [0, 0.1) is 0 Å². The number of carbonyl (C=O) groups is 2. The maximum absolute atomic E-state index is 14.2. The van der Waals surface area contributed by atoms with E-state index >= 15 is 0 Å². The lowest BCUT2D eigenvalue weighted by Gasteiger charge is -2.34. The first-order valence-electron chi connectivity index (χ1n) is 20.4. The Balaban J connectivity index is 1.08. The summed E-state index contributed by atoms with van der Waals surface area (Å²) in [6, 6.07) is 33.3. The van der Waals surface area contributed by atoms with E-state index in [1.54, 1.807) is 12.1 Å². The van der Waals surface area contributed by atoms with E-state index in [0.717, 1.165) is 60.8 Å². The highest BCUT2D eigenvalue weighted by molar-refractivity contribution is 7.89. The van der Waals surface area contributed by atoms with Gasteiger partial charge in [-0.2, -0.15) is 4.31 Å². The van der Waals surface area contributed by atoms with E-state index in [1.165, 1.54) is 73.9 Å². The zero-order chi connectivity index (χ0) is 39.1. The van der Waals surface area contributed by atoms with Crippen LogP contribution >= 0.6 is 0 Å². The first kappa shape index (κ1) is 37.4. The van der Waals surface area contributed by atoms with E-state index in [-0.39, 0.29) is 36.9 Å². The number of piperazine rings is 1. The van der Waals surface area contributed by atoms with Crippen molar-refractivity contribution in [3.05, 3.63) is 131 Å². The monoisotopic (exact) mass is 779 g/mol. The molecule has 2 saturated heterocycles. The summed E-state index contributed by atoms with van der Waals surface area (Å²) < 4.78 is 29.0. The summed E-state index contributed by atoms with van der Waals surface area (Å²) >= 11 is 0. The van der Waals surface area contributed by atoms with Gasteiger partial charge in [0.25, 0.3) is 0 Å². The molecule has 2 amide bonds. The normalized spacial score (nSPS) is 19.4. The number of nitrogens with zero attached hydrogens (tertiary/aromatic N) is 2. The van der Waals surface area contributed by atoms with Gasteiger partial charge in [0.1, 0.15) is 6.04 Å². The van der Waals surface area contributed by atoms with Gasteiger partial charge in [0.15, 0.2) is 0 Å². The van der Waals surface area contributed by atoms with Crippen molar-refractivity contribution < 1.29 is 18.0 Å². The summed E-state index contributed by atoms with van der Waals surface area (Å²) in [4.78, 5) is 30.2. The maximum Gasteiger partial charge on any atom is 0.243 e. The Hall–Kier alpha value is -5.13. The van der Waals surface area contributed by atoms with Crippen LogP contribution in [-0.4, -0.2) is 61.7 Å². The number of benzene rings is 6. The predicted octanol–water partition coefficient (Wildman–Crippen LogP) is 7.58. The first-order valence-corrected chi connectivity index (χ1v) is 21.8. The largest absolute Gasteiger partial charge is 0.353 e. The smallest absolute Gasteiger partial charge is 0.243 e. The predicted molar refractivity (Wildman–Crippen MR) is 228 cm³/mol. The number of hydrogen-bond acceptors (Lipinski definition) is 6. The third-order valence-corrected chi connectivity index (χ3v) is 14.4. The van der Waals surface area contributed by atoms with Gasteiger partial charge in [-0.25, -0.2) is 8.42 Å². The molecule has 6 aromatic rings. The summed E-state index contributed by atoms with van der Waals surface area (Å²) in [5.74, 6) is -0.880. The van der Waals surface area contributed by atoms with Gasteiger partial charge in [-0.1, -0.05) is 91.3 Å². The van der Waals surface area contributed by atoms with Gasteiger partial charge in [0.05, 0.1) is 17.0 Å². The summed E-state index contributed by atoms with van der Waals surface area (Å²) in [5.41, 5.74) is 12.3. The van der Waals surface area contributed by atoms with Gasteiger partial charge in [-0.3, -0.25) is 14.5 Å². The Morgan fingerprint density at radius 1 is 0.772 bits per heavy atom. The molecular weight excluding hydrogens is 731 g/mol. The molecule has 0 radical (unpaired) electrons. The summed E-state index contributed by atoms with van der Waals surface area (Å²) in [6.45, 7) is 3.73. The summed E-state index contributed by atoms with van der Waals surface area (Å²) in [7, 11) is -4.08. The van der Waals surface area contributed by atoms with Crippen molar-refractivity contribution in [3.8, 4) is 0 Å². The first-order chi connectivity index (χ1) is 27.8. The van der Waals surface area contributed by atoms with Crippen molar-refractivity contribution in [2.24, 2.45) is 5.73 Å². The third-order valence-electron chi connectivity index (χ3n) is 12.4. The lowest BCUT2D eigenvalue weighted by molar-refractivity contribution is -0.130. The molecule has 292 valence electrons. The zero-order valence-corrected chi connectivity index (χ0v) is 33.0. The minimum atomic E-state index is -4.08. The SMILES string of the molecule is NCc1ccc(S(=O)(=O)N2CCNC(=O)[C@H]2CC(=O)Nc2c([C@@H]3CCCc4c3ccc3c4cc(CN4CCCCC4)c4ccccc43)ccc3ccccc23)cc1. The van der Waals surface area contributed by atoms with E-state index < -0.39 is 27.9 Å². The fourth-order valence-electron chi connectivity index (χ4n) is 9.58. The molecule has 0 bridgehead atoms. The maximum atomic E-state index is 14.2. The minimum Gasteiger partial charge on any atom is -0.353 e. The molecule has 3 aliphatic rings. The Bertz CT molecular complexity index is 2620. The van der Waals surface area contributed by atoms with E-state index in [4.69, 9.17) is 5.73 Å². The van der Waals surface area contributed by atoms with Crippen molar-refractivity contribution in [2.75, 3.05) is 31.5 Å². The van der Waals surface area contributed by atoms with Gasteiger partial charge in [-0.05, 0) is 118 Å². The average Bonchev–Trinajstić information content (AvgIpc) is 3.24. The molecule has 1 aliphatic carbocycles. The van der Waals surface area contributed by atoms with Crippen LogP contribution in [0.15, 0.2) is 108 Å². The quantitative estimate of drug-likeness (QED) is 0.130. The van der Waals surface area contributed by atoms with Crippen molar-refractivity contribution in [2.45, 2.75) is 74.9 Å². The second-order valence-corrected chi connectivity index (χ2v) is 17.8. The van der Waals surface area contributed by atoms with Gasteiger partial charge < -0.3 is 16.4 Å². The molecule has 0 aromatic heterocycles. The number of hydrogen-bond donors (Lipinski definition) is 3. The van der Waals surface area contributed by atoms with E-state index in [1.807, 2.05) is 24.3 Å². The molecular formula is C47H49N5O4S. The van der Waals surface area contributed by atoms with Crippen LogP contribution in [0.3, 0.4) is 0 Å². The molecule has 9 rings (SSSR count). The third kappa shape index (κ3) is 7.09. The molecule has 2 heterocycles. The Labute approximate surface area is 334 Å². The Morgan fingerprint density at radius 3 is 2.28 bits per heavy atom. The highest BCUT2D eigenvalue weighted by Crippen LogP contribution is 2.45. The van der Waals surface area contributed by atoms with Crippen LogP contribution < -0.4 is 16.4 Å². The number of fused-ring (bicyclic) bond motifs is 6. The standard InChI is InChI=1S/C47H49N5O4S/c48-29-31-15-18-34(19-16-31)57(55,56)52-26-23-49-47(54)44(52)28-45(53)50-46-36-11-3-2-9-32(36)17-20-42(46)38-13-8-14-39-40(38)21-22-41-37-12-5-4-10-35(37)33(27-43(39)41)30-51-24-6-1-7-25-51/h2-5,9-12,15-22,27,38,44H,1,6-8,13-14,23-26,28-30,48H2,(H,49,54)(H,50,53)/t38-,44-/m1/s1. The van der Waals surface area contributed by atoms with Crippen LogP contribution in [0.1, 0.15) is 72.3 Å². The Morgan fingerprint density at radius 2 is 1.49 bits per heavy atom.